The molecule has 3 aromatic rings. The molecule has 7 nitrogen and oxygen atoms in total. The maximum atomic E-state index is 11.8. The number of pyridine rings is 2. The number of aryl methyl sites for hydroxylation is 1. The summed E-state index contributed by atoms with van der Waals surface area (Å²) in [4.78, 5) is 29.8. The van der Waals surface area contributed by atoms with Crippen molar-refractivity contribution in [3.63, 3.8) is 0 Å². The lowest BCUT2D eigenvalue weighted by molar-refractivity contribution is -0.117. The van der Waals surface area contributed by atoms with Gasteiger partial charge in [0.25, 0.3) is 0 Å². The Morgan fingerprint density at radius 1 is 1.15 bits per heavy atom. The van der Waals surface area contributed by atoms with Crippen molar-refractivity contribution in [3.8, 4) is 22.8 Å². The number of amides is 1. The molecule has 0 saturated carbocycles. The largest absolute Gasteiger partial charge is 0.369 e. The van der Waals surface area contributed by atoms with Gasteiger partial charge in [-0.25, -0.2) is 9.97 Å². The highest BCUT2D eigenvalue weighted by molar-refractivity contribution is 8.01. The summed E-state index contributed by atoms with van der Waals surface area (Å²) in [5, 5.41) is 0.0838. The highest BCUT2D eigenvalue weighted by Crippen LogP contribution is 2.45. The quantitative estimate of drug-likeness (QED) is 0.680. The first kappa shape index (κ1) is 16.6. The van der Waals surface area contributed by atoms with Crippen LogP contribution in [-0.2, 0) is 4.79 Å². The fourth-order valence-corrected chi connectivity index (χ4v) is 4.05. The Balaban J connectivity index is 1.95. The van der Waals surface area contributed by atoms with Gasteiger partial charge in [0.1, 0.15) is 10.3 Å². The van der Waals surface area contributed by atoms with Crippen molar-refractivity contribution in [3.05, 3.63) is 54.0 Å². The second-order valence-corrected chi connectivity index (χ2v) is 7.12. The minimum Gasteiger partial charge on any atom is -0.369 e. The first-order valence-electron chi connectivity index (χ1n) is 8.02. The molecule has 2 atom stereocenters. The summed E-state index contributed by atoms with van der Waals surface area (Å²) in [5.41, 5.74) is 15.5. The molecule has 0 saturated heterocycles. The molecule has 130 valence electrons. The lowest BCUT2D eigenvalue weighted by atomic mass is 10.0. The molecule has 0 bridgehead atoms. The fraction of sp³-hybridized carbons (Fsp3) is 0.167. The van der Waals surface area contributed by atoms with Crippen molar-refractivity contribution in [1.29, 1.82) is 0 Å². The molecular weight excluding hydrogens is 348 g/mol. The van der Waals surface area contributed by atoms with E-state index in [1.807, 2.05) is 37.3 Å². The van der Waals surface area contributed by atoms with Crippen LogP contribution in [0.3, 0.4) is 0 Å². The zero-order chi connectivity index (χ0) is 18.3. The van der Waals surface area contributed by atoms with Crippen molar-refractivity contribution in [2.75, 3.05) is 0 Å². The number of hydrogen-bond donors (Lipinski definition) is 2. The molecule has 1 aliphatic heterocycles. The van der Waals surface area contributed by atoms with Gasteiger partial charge in [0.05, 0.1) is 17.4 Å². The second-order valence-electron chi connectivity index (χ2n) is 5.99. The maximum Gasteiger partial charge on any atom is 0.232 e. The monoisotopic (exact) mass is 364 g/mol. The molecule has 8 heteroatoms. The molecule has 4 heterocycles. The number of fused-ring (bicyclic) bond motifs is 1. The van der Waals surface area contributed by atoms with Crippen LogP contribution < -0.4 is 11.5 Å². The highest BCUT2D eigenvalue weighted by Gasteiger charge is 2.39. The van der Waals surface area contributed by atoms with Gasteiger partial charge in [-0.2, -0.15) is 0 Å². The Morgan fingerprint density at radius 3 is 2.69 bits per heavy atom. The van der Waals surface area contributed by atoms with Gasteiger partial charge >= 0.3 is 0 Å². The Bertz CT molecular complexity index is 994. The van der Waals surface area contributed by atoms with E-state index in [4.69, 9.17) is 16.5 Å². The molecule has 0 fully saturated rings. The van der Waals surface area contributed by atoms with Gasteiger partial charge in [-0.15, -0.1) is 0 Å². The molecule has 0 aliphatic carbocycles. The lowest BCUT2D eigenvalue weighted by Gasteiger charge is -2.14. The molecule has 4 rings (SSSR count). The zero-order valence-electron chi connectivity index (χ0n) is 14.0. The average molecular weight is 364 g/mol. The topological polar surface area (TPSA) is 121 Å². The van der Waals surface area contributed by atoms with Gasteiger partial charge in [0, 0.05) is 29.2 Å². The second kappa shape index (κ2) is 6.47. The third-order valence-corrected chi connectivity index (χ3v) is 5.45. The third kappa shape index (κ3) is 2.83. The summed E-state index contributed by atoms with van der Waals surface area (Å²) in [6.07, 6.45) is 3.38. The van der Waals surface area contributed by atoms with Crippen molar-refractivity contribution in [2.24, 2.45) is 11.5 Å². The van der Waals surface area contributed by atoms with Gasteiger partial charge < -0.3 is 11.5 Å². The summed E-state index contributed by atoms with van der Waals surface area (Å²) >= 11 is 1.28. The summed E-state index contributed by atoms with van der Waals surface area (Å²) in [6.45, 7) is 1.91. The van der Waals surface area contributed by atoms with Gasteiger partial charge in [-0.05, 0) is 31.2 Å². The Labute approximate surface area is 154 Å². The molecule has 3 aromatic heterocycles. The number of hydrogen-bond acceptors (Lipinski definition) is 7. The zero-order valence-corrected chi connectivity index (χ0v) is 14.8. The number of carbonyl (C=O) groups excluding carboxylic acids is 1. The van der Waals surface area contributed by atoms with E-state index in [1.54, 1.807) is 12.4 Å². The minimum absolute atomic E-state index is 0.466. The maximum absolute atomic E-state index is 11.8. The fourth-order valence-electron chi connectivity index (χ4n) is 2.91. The average Bonchev–Trinajstić information content (AvgIpc) is 2.99. The van der Waals surface area contributed by atoms with Crippen molar-refractivity contribution in [2.45, 2.75) is 23.2 Å². The van der Waals surface area contributed by atoms with Crippen LogP contribution in [0.1, 0.15) is 17.3 Å². The van der Waals surface area contributed by atoms with E-state index >= 15 is 0 Å². The number of aromatic nitrogens is 4. The van der Waals surface area contributed by atoms with E-state index in [-0.39, 0.29) is 0 Å². The van der Waals surface area contributed by atoms with E-state index in [1.165, 1.54) is 11.8 Å². The number of carbonyl (C=O) groups is 1. The molecule has 26 heavy (non-hydrogen) atoms. The number of nitrogens with zero attached hydrogens (tertiary/aromatic N) is 4. The van der Waals surface area contributed by atoms with Gasteiger partial charge in [0.15, 0.2) is 5.82 Å². The van der Waals surface area contributed by atoms with E-state index in [0.717, 1.165) is 11.3 Å². The molecular formula is C18H16N6OS. The van der Waals surface area contributed by atoms with Crippen LogP contribution in [0.15, 0.2) is 47.8 Å². The van der Waals surface area contributed by atoms with Crippen molar-refractivity contribution >= 4 is 17.7 Å². The van der Waals surface area contributed by atoms with Crippen LogP contribution in [-0.4, -0.2) is 31.1 Å². The van der Waals surface area contributed by atoms with Gasteiger partial charge in [0.2, 0.25) is 5.91 Å². The summed E-state index contributed by atoms with van der Waals surface area (Å²) in [5.74, 6) is 0.0477. The predicted octanol–water partition coefficient (Wildman–Crippen LogP) is 1.87. The van der Waals surface area contributed by atoms with Crippen LogP contribution in [0.25, 0.3) is 22.8 Å². The Morgan fingerprint density at radius 2 is 2.00 bits per heavy atom. The van der Waals surface area contributed by atoms with Gasteiger partial charge in [-0.3, -0.25) is 14.8 Å². The normalized spacial score (nSPS) is 18.5. The predicted molar refractivity (Wildman–Crippen MR) is 99.0 cm³/mol. The Kier molecular flexibility index (Phi) is 4.14. The first-order chi connectivity index (χ1) is 12.5. The minimum atomic E-state index is -0.577. The smallest absolute Gasteiger partial charge is 0.232 e. The molecule has 4 N–H and O–H groups in total. The van der Waals surface area contributed by atoms with Crippen molar-refractivity contribution in [1.82, 2.24) is 19.9 Å². The van der Waals surface area contributed by atoms with E-state index in [9.17, 15) is 4.79 Å². The standard InChI is InChI=1S/C18H16N6OS/c1-9-4-2-6-11(22-9)14-12-13(19)15(16(20)25)26-18(12)24-17(23-14)10-5-3-7-21-8-10/h2-8,13,15H,19H2,1H3,(H2,20,25). The van der Waals surface area contributed by atoms with Crippen LogP contribution in [0.4, 0.5) is 0 Å². The molecule has 1 amide bonds. The van der Waals surface area contributed by atoms with E-state index in [2.05, 4.69) is 15.0 Å². The van der Waals surface area contributed by atoms with E-state index < -0.39 is 17.2 Å². The highest BCUT2D eigenvalue weighted by atomic mass is 32.2. The van der Waals surface area contributed by atoms with Crippen LogP contribution in [0.2, 0.25) is 0 Å². The molecule has 0 aromatic carbocycles. The molecule has 0 spiro atoms. The number of primary amides is 1. The van der Waals surface area contributed by atoms with Crippen molar-refractivity contribution < 1.29 is 4.79 Å². The number of nitrogens with two attached hydrogens (primary N) is 2. The summed E-state index contributed by atoms with van der Waals surface area (Å²) < 4.78 is 0. The van der Waals surface area contributed by atoms with E-state index in [0.29, 0.717) is 27.8 Å². The van der Waals surface area contributed by atoms with Gasteiger partial charge in [-0.1, -0.05) is 17.8 Å². The number of rotatable bonds is 3. The number of thioether (sulfide) groups is 1. The Hall–Kier alpha value is -2.84. The van der Waals surface area contributed by atoms with Crippen LogP contribution in [0.5, 0.6) is 0 Å². The lowest BCUT2D eigenvalue weighted by Crippen LogP contribution is -2.33. The molecule has 1 aliphatic rings. The van der Waals surface area contributed by atoms with Crippen LogP contribution in [0, 0.1) is 6.92 Å². The molecule has 2 unspecified atom stereocenters. The van der Waals surface area contributed by atoms with Crippen LogP contribution >= 0.6 is 11.8 Å². The molecule has 0 radical (unpaired) electrons. The summed E-state index contributed by atoms with van der Waals surface area (Å²) in [7, 11) is 0. The first-order valence-corrected chi connectivity index (χ1v) is 8.90. The third-order valence-electron chi connectivity index (χ3n) is 4.14. The summed E-state index contributed by atoms with van der Waals surface area (Å²) in [6, 6.07) is 8.82. The SMILES string of the molecule is Cc1cccc(-c2nc(-c3cccnc3)nc3c2C(N)C(C(N)=O)S3)n1.